The molecule has 0 aliphatic carbocycles. The van der Waals surface area contributed by atoms with Gasteiger partial charge in [0.25, 0.3) is 0 Å². The first-order valence-electron chi connectivity index (χ1n) is 10.5. The van der Waals surface area contributed by atoms with Gasteiger partial charge in [-0.25, -0.2) is 9.97 Å². The fraction of sp³-hybridized carbons (Fsp3) is 0.619. The fourth-order valence-electron chi connectivity index (χ4n) is 4.03. The molecule has 0 bridgehead atoms. The van der Waals surface area contributed by atoms with Gasteiger partial charge in [-0.2, -0.15) is 0 Å². The van der Waals surface area contributed by atoms with Crippen molar-refractivity contribution in [2.24, 2.45) is 5.92 Å². The predicted molar refractivity (Wildman–Crippen MR) is 118 cm³/mol. The van der Waals surface area contributed by atoms with E-state index in [1.165, 1.54) is 0 Å². The van der Waals surface area contributed by atoms with Gasteiger partial charge in [-0.15, -0.1) is 0 Å². The Morgan fingerprint density at radius 1 is 1.03 bits per heavy atom. The number of ether oxygens (including phenoxy) is 2. The summed E-state index contributed by atoms with van der Waals surface area (Å²) in [6.07, 6.45) is 4.94. The summed E-state index contributed by atoms with van der Waals surface area (Å²) in [5.74, 6) is 2.48. The average Bonchev–Trinajstić information content (AvgIpc) is 2.97. The van der Waals surface area contributed by atoms with Crippen LogP contribution in [0.5, 0.6) is 11.5 Å². The quantitative estimate of drug-likeness (QED) is 0.530. The van der Waals surface area contributed by atoms with Crippen molar-refractivity contribution < 1.29 is 23.1 Å². The summed E-state index contributed by atoms with van der Waals surface area (Å²) in [5.41, 5.74) is 0.815. The van der Waals surface area contributed by atoms with Crippen LogP contribution in [0, 0.1) is 5.92 Å². The lowest BCUT2D eigenvalue weighted by molar-refractivity contribution is 0.215. The van der Waals surface area contributed by atoms with Crippen molar-refractivity contribution in [2.45, 2.75) is 33.1 Å². The van der Waals surface area contributed by atoms with Gasteiger partial charge >= 0.3 is 7.60 Å². The van der Waals surface area contributed by atoms with Crippen molar-refractivity contribution in [3.63, 3.8) is 0 Å². The second-order valence-corrected chi connectivity index (χ2v) is 9.44. The van der Waals surface area contributed by atoms with Crippen LogP contribution in [0.3, 0.4) is 0 Å². The minimum Gasteiger partial charge on any atom is -0.493 e. The Kier molecular flexibility index (Phi) is 7.92. The molecule has 1 aliphatic rings. The zero-order valence-corrected chi connectivity index (χ0v) is 19.2. The lowest BCUT2D eigenvalue weighted by atomic mass is 10.0. The molecule has 8 nitrogen and oxygen atoms in total. The summed E-state index contributed by atoms with van der Waals surface area (Å²) in [7, 11) is 0.206. The number of nitrogens with zero attached hydrogens (tertiary/aromatic N) is 3. The molecule has 1 atom stereocenters. The zero-order chi connectivity index (χ0) is 21.6. The largest absolute Gasteiger partial charge is 0.493 e. The molecule has 3 rings (SSSR count). The third-order valence-corrected chi connectivity index (χ3v) is 7.67. The Hall–Kier alpha value is -1.89. The number of hydrogen-bond acceptors (Lipinski definition) is 8. The van der Waals surface area contributed by atoms with Crippen molar-refractivity contribution in [1.29, 1.82) is 0 Å². The van der Waals surface area contributed by atoms with Gasteiger partial charge in [0.15, 0.2) is 11.5 Å². The van der Waals surface area contributed by atoms with Crippen LogP contribution in [0.1, 0.15) is 33.1 Å². The molecule has 166 valence electrons. The van der Waals surface area contributed by atoms with Crippen molar-refractivity contribution in [3.05, 3.63) is 18.5 Å². The minimum absolute atomic E-state index is 0.293. The molecule has 1 aliphatic heterocycles. The summed E-state index contributed by atoms with van der Waals surface area (Å²) in [6, 6.07) is 3.81. The number of rotatable bonds is 9. The smallest absolute Gasteiger partial charge is 0.330 e. The lowest BCUT2D eigenvalue weighted by Gasteiger charge is -2.24. The van der Waals surface area contributed by atoms with E-state index in [1.54, 1.807) is 20.5 Å². The van der Waals surface area contributed by atoms with Crippen LogP contribution in [-0.2, 0) is 13.6 Å². The van der Waals surface area contributed by atoms with Crippen molar-refractivity contribution in [1.82, 2.24) is 9.97 Å². The lowest BCUT2D eigenvalue weighted by Crippen LogP contribution is -2.25. The van der Waals surface area contributed by atoms with Gasteiger partial charge < -0.3 is 23.4 Å². The number of hydrogen-bond donors (Lipinski definition) is 0. The molecule has 0 amide bonds. The van der Waals surface area contributed by atoms with Crippen molar-refractivity contribution in [2.75, 3.05) is 51.6 Å². The maximum absolute atomic E-state index is 12.9. The summed E-state index contributed by atoms with van der Waals surface area (Å²) in [5, 5.41) is 0.933. The SMILES string of the molecule is CCOP(=O)(CC1CCCN(c2ncnc3cc(OC)c(OC)cc23)CC1)OCC. The summed E-state index contributed by atoms with van der Waals surface area (Å²) < 4.78 is 34.8. The molecule has 1 fully saturated rings. The van der Waals surface area contributed by atoms with Gasteiger partial charge in [0.2, 0.25) is 0 Å². The third-order valence-electron chi connectivity index (χ3n) is 5.40. The molecule has 0 radical (unpaired) electrons. The molecule has 0 saturated carbocycles. The highest BCUT2D eigenvalue weighted by Crippen LogP contribution is 2.51. The molecule has 0 N–H and O–H groups in total. The molecule has 2 aromatic rings. The molecule has 0 spiro atoms. The van der Waals surface area contributed by atoms with E-state index in [4.69, 9.17) is 18.5 Å². The second kappa shape index (κ2) is 10.4. The van der Waals surface area contributed by atoms with Crippen molar-refractivity contribution in [3.8, 4) is 11.5 Å². The average molecular weight is 437 g/mol. The van der Waals surface area contributed by atoms with Gasteiger partial charge in [0.1, 0.15) is 12.1 Å². The first kappa shape index (κ1) is 22.8. The molecule has 1 unspecified atom stereocenters. The van der Waals surface area contributed by atoms with E-state index in [1.807, 2.05) is 26.0 Å². The zero-order valence-electron chi connectivity index (χ0n) is 18.3. The summed E-state index contributed by atoms with van der Waals surface area (Å²) in [4.78, 5) is 11.3. The van der Waals surface area contributed by atoms with Crippen LogP contribution in [0.15, 0.2) is 18.5 Å². The van der Waals surface area contributed by atoms with Crippen molar-refractivity contribution >= 4 is 24.3 Å². The Morgan fingerprint density at radius 3 is 2.40 bits per heavy atom. The summed E-state index contributed by atoms with van der Waals surface area (Å²) >= 11 is 0. The van der Waals surface area contributed by atoms with E-state index < -0.39 is 7.60 Å². The maximum atomic E-state index is 12.9. The fourth-order valence-corrected chi connectivity index (χ4v) is 6.10. The van der Waals surface area contributed by atoms with E-state index in [0.29, 0.717) is 36.8 Å². The Balaban J connectivity index is 1.80. The number of methoxy groups -OCH3 is 2. The molecular formula is C21H32N3O5P. The van der Waals surface area contributed by atoms with Crippen LogP contribution >= 0.6 is 7.60 Å². The van der Waals surface area contributed by atoms with Crippen LogP contribution in [0.2, 0.25) is 0 Å². The Morgan fingerprint density at radius 2 is 1.73 bits per heavy atom. The topological polar surface area (TPSA) is 83.0 Å². The van der Waals surface area contributed by atoms with E-state index in [2.05, 4.69) is 14.9 Å². The second-order valence-electron chi connectivity index (χ2n) is 7.33. The number of anilines is 1. The molecule has 30 heavy (non-hydrogen) atoms. The van der Waals surface area contributed by atoms with E-state index in [-0.39, 0.29) is 0 Å². The van der Waals surface area contributed by atoms with Gasteiger partial charge in [-0.1, -0.05) is 0 Å². The maximum Gasteiger partial charge on any atom is 0.330 e. The highest BCUT2D eigenvalue weighted by atomic mass is 31.2. The highest BCUT2D eigenvalue weighted by Gasteiger charge is 2.30. The number of aromatic nitrogens is 2. The van der Waals surface area contributed by atoms with Gasteiger partial charge in [0.05, 0.1) is 39.1 Å². The molecule has 1 aromatic carbocycles. The Bertz CT molecular complexity index is 884. The molecule has 2 heterocycles. The van der Waals surface area contributed by atoms with Gasteiger partial charge in [-0.3, -0.25) is 4.57 Å². The highest BCUT2D eigenvalue weighted by molar-refractivity contribution is 7.53. The molecular weight excluding hydrogens is 405 g/mol. The van der Waals surface area contributed by atoms with E-state index in [9.17, 15) is 4.57 Å². The predicted octanol–water partition coefficient (Wildman–Crippen LogP) is 4.52. The summed E-state index contributed by atoms with van der Waals surface area (Å²) in [6.45, 7) is 6.20. The number of benzene rings is 1. The normalized spacial score (nSPS) is 17.7. The van der Waals surface area contributed by atoms with Crippen LogP contribution in [0.25, 0.3) is 10.9 Å². The number of fused-ring (bicyclic) bond motifs is 1. The molecule has 1 aromatic heterocycles. The monoisotopic (exact) mass is 437 g/mol. The van der Waals surface area contributed by atoms with Crippen LogP contribution in [-0.4, -0.2) is 56.7 Å². The molecule has 1 saturated heterocycles. The minimum atomic E-state index is -3.03. The first-order chi connectivity index (χ1) is 14.5. The van der Waals surface area contributed by atoms with Crippen LogP contribution in [0.4, 0.5) is 5.82 Å². The van der Waals surface area contributed by atoms with Crippen LogP contribution < -0.4 is 14.4 Å². The molecule has 9 heteroatoms. The Labute approximate surface area is 178 Å². The van der Waals surface area contributed by atoms with E-state index in [0.717, 1.165) is 49.1 Å². The first-order valence-corrected chi connectivity index (χ1v) is 12.3. The van der Waals surface area contributed by atoms with Gasteiger partial charge in [-0.05, 0) is 45.1 Å². The third kappa shape index (κ3) is 5.23. The van der Waals surface area contributed by atoms with E-state index >= 15 is 0 Å². The standard InChI is InChI=1S/C21H32N3O5P/c1-5-28-30(25,29-6-2)14-16-8-7-10-24(11-9-16)21-17-12-19(26-3)20(27-4)13-18(17)22-15-23-21/h12-13,15-16H,5-11,14H2,1-4H3. The van der Waals surface area contributed by atoms with Gasteiger partial charge in [0, 0.05) is 24.5 Å².